The quantitative estimate of drug-likeness (QED) is 0.380. The monoisotopic (exact) mass is 420 g/mol. The van der Waals surface area contributed by atoms with Crippen LogP contribution in [0.25, 0.3) is 0 Å². The molecular formula is C26H32N2O3. The number of nitrogens with zero attached hydrogens (tertiary/aromatic N) is 2. The van der Waals surface area contributed by atoms with Crippen molar-refractivity contribution >= 4 is 11.4 Å². The summed E-state index contributed by atoms with van der Waals surface area (Å²) < 4.78 is 0. The maximum atomic E-state index is 4.77. The second kappa shape index (κ2) is 18.5. The zero-order valence-electron chi connectivity index (χ0n) is 18.8. The molecule has 0 heterocycles. The van der Waals surface area contributed by atoms with Crippen LogP contribution in [0.15, 0.2) is 71.0 Å². The summed E-state index contributed by atoms with van der Waals surface area (Å²) in [4.78, 5) is 9.55. The molecular weight excluding hydrogens is 388 g/mol. The molecule has 2 rings (SSSR count). The van der Waals surface area contributed by atoms with Gasteiger partial charge in [-0.05, 0) is 24.7 Å². The lowest BCUT2D eigenvalue weighted by molar-refractivity contribution is 0.214. The highest BCUT2D eigenvalue weighted by Gasteiger charge is 1.99. The number of benzene rings is 2. The number of oxime groups is 2. The summed E-state index contributed by atoms with van der Waals surface area (Å²) in [6, 6.07) is 19.7. The average Bonchev–Trinajstić information content (AvgIpc) is 2.80. The Balaban J connectivity index is 0.000000562. The molecule has 2 N–H and O–H groups in total. The second-order valence-corrected chi connectivity index (χ2v) is 6.08. The predicted molar refractivity (Wildman–Crippen MR) is 129 cm³/mol. The van der Waals surface area contributed by atoms with Crippen molar-refractivity contribution in [2.75, 3.05) is 14.2 Å². The zero-order chi connectivity index (χ0) is 21.9. The minimum absolute atomic E-state index is 0. The maximum absolute atomic E-state index is 4.77. The second-order valence-electron chi connectivity index (χ2n) is 6.08. The highest BCUT2D eigenvalue weighted by Crippen LogP contribution is 2.02. The fourth-order valence-corrected chi connectivity index (χ4v) is 2.21. The number of hydrogen-bond acceptors (Lipinski definition) is 4. The van der Waals surface area contributed by atoms with Crippen LogP contribution in [0, 0.1) is 23.7 Å². The van der Waals surface area contributed by atoms with Crippen LogP contribution in [0.3, 0.4) is 0 Å². The van der Waals surface area contributed by atoms with Crippen molar-refractivity contribution in [1.29, 1.82) is 0 Å². The third kappa shape index (κ3) is 11.9. The summed E-state index contributed by atoms with van der Waals surface area (Å²) in [5.41, 5.74) is 3.35. The normalized spacial score (nSPS) is 10.1. The Morgan fingerprint density at radius 1 is 0.677 bits per heavy atom. The van der Waals surface area contributed by atoms with Crippen LogP contribution >= 0.6 is 0 Å². The molecule has 0 bridgehead atoms. The fourth-order valence-electron chi connectivity index (χ4n) is 2.21. The van der Waals surface area contributed by atoms with Crippen LogP contribution in [0.2, 0.25) is 0 Å². The molecule has 0 aromatic heterocycles. The molecule has 0 radical (unpaired) electrons. The van der Waals surface area contributed by atoms with E-state index in [9.17, 15) is 0 Å². The van der Waals surface area contributed by atoms with Crippen LogP contribution in [0.5, 0.6) is 0 Å². The van der Waals surface area contributed by atoms with Gasteiger partial charge in [0.15, 0.2) is 11.4 Å². The van der Waals surface area contributed by atoms with Crippen LogP contribution in [-0.2, 0) is 9.68 Å². The first-order valence-electron chi connectivity index (χ1n) is 10.1. The lowest BCUT2D eigenvalue weighted by atomic mass is 10.1. The molecule has 0 fully saturated rings. The van der Waals surface area contributed by atoms with E-state index in [1.54, 1.807) is 0 Å². The lowest BCUT2D eigenvalue weighted by Gasteiger charge is -1.97. The molecule has 2 aromatic rings. The first-order chi connectivity index (χ1) is 14.8. The van der Waals surface area contributed by atoms with E-state index in [-0.39, 0.29) is 5.48 Å². The predicted octanol–water partition coefficient (Wildman–Crippen LogP) is 4.86. The third-order valence-corrected chi connectivity index (χ3v) is 3.62. The first-order valence-corrected chi connectivity index (χ1v) is 10.1. The van der Waals surface area contributed by atoms with E-state index in [1.807, 2.05) is 60.7 Å². The van der Waals surface area contributed by atoms with Crippen LogP contribution in [0.4, 0.5) is 0 Å². The summed E-state index contributed by atoms with van der Waals surface area (Å²) >= 11 is 0. The Hall–Kier alpha value is -3.54. The molecule has 5 heteroatoms. The summed E-state index contributed by atoms with van der Waals surface area (Å²) in [5, 5.41) is 7.82. The van der Waals surface area contributed by atoms with E-state index in [0.717, 1.165) is 36.8 Å². The van der Waals surface area contributed by atoms with Crippen LogP contribution in [-0.4, -0.2) is 31.1 Å². The highest BCUT2D eigenvalue weighted by atomic mass is 16.6. The van der Waals surface area contributed by atoms with Crippen molar-refractivity contribution in [2.45, 2.75) is 39.5 Å². The minimum atomic E-state index is 0. The van der Waals surface area contributed by atoms with E-state index in [4.69, 9.17) is 9.68 Å². The molecule has 0 atom stereocenters. The molecule has 0 unspecified atom stereocenters. The first kappa shape index (κ1) is 27.5. The van der Waals surface area contributed by atoms with E-state index < -0.39 is 0 Å². The van der Waals surface area contributed by atoms with E-state index in [0.29, 0.717) is 11.4 Å². The van der Waals surface area contributed by atoms with E-state index in [2.05, 4.69) is 47.8 Å². The van der Waals surface area contributed by atoms with Gasteiger partial charge in [0.2, 0.25) is 0 Å². The van der Waals surface area contributed by atoms with Crippen molar-refractivity contribution in [3.8, 4) is 23.7 Å². The maximum Gasteiger partial charge on any atom is 0.159 e. The van der Waals surface area contributed by atoms with Gasteiger partial charge in [-0.2, -0.15) is 0 Å². The molecule has 0 aliphatic rings. The zero-order valence-corrected chi connectivity index (χ0v) is 18.8. The van der Waals surface area contributed by atoms with Gasteiger partial charge < -0.3 is 15.2 Å². The third-order valence-electron chi connectivity index (χ3n) is 3.62. The van der Waals surface area contributed by atoms with Crippen molar-refractivity contribution in [3.05, 3.63) is 71.8 Å². The average molecular weight is 421 g/mol. The fraction of sp³-hybridized carbons (Fsp3) is 0.308. The highest BCUT2D eigenvalue weighted by molar-refractivity contribution is 6.13. The van der Waals surface area contributed by atoms with Gasteiger partial charge in [0.05, 0.1) is 0 Å². The number of rotatable bonds is 6. The summed E-state index contributed by atoms with van der Waals surface area (Å²) in [6.45, 7) is 4.20. The molecule has 0 saturated heterocycles. The molecule has 0 amide bonds. The molecule has 31 heavy (non-hydrogen) atoms. The largest absolute Gasteiger partial charge is 0.412 e. The molecule has 0 spiro atoms. The van der Waals surface area contributed by atoms with Gasteiger partial charge in [0.1, 0.15) is 14.2 Å². The van der Waals surface area contributed by atoms with Gasteiger partial charge >= 0.3 is 0 Å². The van der Waals surface area contributed by atoms with Gasteiger partial charge in [0, 0.05) is 24.0 Å². The Bertz CT molecular complexity index is 822. The van der Waals surface area contributed by atoms with Crippen molar-refractivity contribution in [1.82, 2.24) is 0 Å². The van der Waals surface area contributed by atoms with E-state index >= 15 is 0 Å². The SMILES string of the molecule is CCCC#CC(=NOC)c1ccccc1.CCCC#CC(=NOC)c1ccccc1.O. The summed E-state index contributed by atoms with van der Waals surface area (Å²) in [5.74, 6) is 12.1. The Labute approximate surface area is 186 Å². The van der Waals surface area contributed by atoms with Gasteiger partial charge in [0.25, 0.3) is 0 Å². The Morgan fingerprint density at radius 2 is 1.03 bits per heavy atom. The van der Waals surface area contributed by atoms with Gasteiger partial charge in [-0.3, -0.25) is 0 Å². The molecule has 164 valence electrons. The van der Waals surface area contributed by atoms with Crippen molar-refractivity contribution < 1.29 is 15.2 Å². The molecule has 0 aliphatic heterocycles. The van der Waals surface area contributed by atoms with Crippen LogP contribution in [0.1, 0.15) is 50.7 Å². The van der Waals surface area contributed by atoms with Crippen molar-refractivity contribution in [2.24, 2.45) is 10.3 Å². The van der Waals surface area contributed by atoms with Crippen molar-refractivity contribution in [3.63, 3.8) is 0 Å². The number of hydrogen-bond donors (Lipinski definition) is 0. The molecule has 0 saturated carbocycles. The molecule has 5 nitrogen and oxygen atoms in total. The van der Waals surface area contributed by atoms with Gasteiger partial charge in [-0.15, -0.1) is 0 Å². The minimum Gasteiger partial charge on any atom is -0.412 e. The number of unbranched alkanes of at least 4 members (excludes halogenated alkanes) is 2. The summed E-state index contributed by atoms with van der Waals surface area (Å²) in [7, 11) is 3.06. The van der Waals surface area contributed by atoms with Crippen LogP contribution < -0.4 is 0 Å². The Morgan fingerprint density at radius 3 is 1.32 bits per heavy atom. The molecule has 2 aromatic carbocycles. The standard InChI is InChI=1S/2C13H15NO.H2O/c2*1-3-4-6-11-13(14-15-2)12-9-7-5-8-10-12;/h2*5,7-10H,3-4H2,1-2H3;1H2. The summed E-state index contributed by atoms with van der Waals surface area (Å²) in [6.07, 6.45) is 3.88. The lowest BCUT2D eigenvalue weighted by Crippen LogP contribution is -1.97. The smallest absolute Gasteiger partial charge is 0.159 e. The Kier molecular flexibility index (Phi) is 16.4. The van der Waals surface area contributed by atoms with Gasteiger partial charge in [-0.1, -0.05) is 96.7 Å². The van der Waals surface area contributed by atoms with Gasteiger partial charge in [-0.25, -0.2) is 0 Å². The van der Waals surface area contributed by atoms with E-state index in [1.165, 1.54) is 14.2 Å². The topological polar surface area (TPSA) is 74.7 Å². The molecule has 0 aliphatic carbocycles.